The summed E-state index contributed by atoms with van der Waals surface area (Å²) in [4.78, 5) is 4.73. The van der Waals surface area contributed by atoms with E-state index < -0.39 is 5.79 Å². The van der Waals surface area contributed by atoms with E-state index in [1.807, 2.05) is 13.8 Å². The topological polar surface area (TPSA) is 72.6 Å². The molecule has 98 valence electrons. The van der Waals surface area contributed by atoms with Crippen molar-refractivity contribution in [2.45, 2.75) is 33.5 Å². The quantitative estimate of drug-likeness (QED) is 0.465. The summed E-state index contributed by atoms with van der Waals surface area (Å²) in [6.07, 6.45) is 0. The van der Waals surface area contributed by atoms with Crippen LogP contribution in [0.25, 0.3) is 0 Å². The van der Waals surface area contributed by atoms with Gasteiger partial charge in [-0.05, 0) is 13.8 Å². The van der Waals surface area contributed by atoms with Gasteiger partial charge in [0, 0.05) is 5.41 Å². The molecule has 0 unspecified atom stereocenters. The molecule has 0 aromatic heterocycles. The zero-order chi connectivity index (χ0) is 13.1. The van der Waals surface area contributed by atoms with Crippen LogP contribution in [-0.4, -0.2) is 42.7 Å². The smallest absolute Gasteiger partial charge is 0.214 e. The van der Waals surface area contributed by atoms with Crippen LogP contribution in [0.5, 0.6) is 0 Å². The number of rotatable bonds is 3. The van der Waals surface area contributed by atoms with Gasteiger partial charge in [-0.2, -0.15) is 0 Å². The Kier molecular flexibility index (Phi) is 4.11. The van der Waals surface area contributed by atoms with Gasteiger partial charge in [0.25, 0.3) is 0 Å². The maximum Gasteiger partial charge on any atom is 0.214 e. The number of nitrogens with zero attached hydrogens (tertiary/aromatic N) is 2. The zero-order valence-corrected chi connectivity index (χ0v) is 11.0. The molecule has 0 spiro atoms. The largest absolute Gasteiger partial charge is 0.411 e. The first-order chi connectivity index (χ1) is 7.84. The Morgan fingerprint density at radius 3 is 2.18 bits per heavy atom. The molecule has 6 heteroatoms. The van der Waals surface area contributed by atoms with Crippen molar-refractivity contribution < 1.29 is 19.5 Å². The van der Waals surface area contributed by atoms with E-state index >= 15 is 0 Å². The molecule has 1 N–H and O–H groups in total. The van der Waals surface area contributed by atoms with Crippen LogP contribution in [0.3, 0.4) is 0 Å². The lowest BCUT2D eigenvalue weighted by Gasteiger charge is -2.41. The second kappa shape index (κ2) is 5.01. The Bertz CT molecular complexity index is 326. The van der Waals surface area contributed by atoms with E-state index in [1.165, 1.54) is 7.11 Å². The Morgan fingerprint density at radius 2 is 1.76 bits per heavy atom. The van der Waals surface area contributed by atoms with Crippen LogP contribution < -0.4 is 0 Å². The lowest BCUT2D eigenvalue weighted by atomic mass is 9.94. The van der Waals surface area contributed by atoms with Gasteiger partial charge in [0.1, 0.15) is 12.8 Å². The van der Waals surface area contributed by atoms with E-state index in [0.29, 0.717) is 24.6 Å². The van der Waals surface area contributed by atoms with Crippen LogP contribution in [0.4, 0.5) is 0 Å². The minimum absolute atomic E-state index is 0.0397. The maximum absolute atomic E-state index is 8.82. The SMILES string of the molecule is CON=C(C(C)=NO)C1(C)OCC(C)(C)CO1. The monoisotopic (exact) mass is 244 g/mol. The summed E-state index contributed by atoms with van der Waals surface area (Å²) in [5.74, 6) is -1.04. The van der Waals surface area contributed by atoms with Gasteiger partial charge < -0.3 is 19.5 Å². The molecule has 0 saturated carbocycles. The predicted octanol–water partition coefficient (Wildman–Crippen LogP) is 1.63. The molecule has 0 aliphatic carbocycles. The van der Waals surface area contributed by atoms with Crippen molar-refractivity contribution in [2.75, 3.05) is 20.3 Å². The summed E-state index contributed by atoms with van der Waals surface area (Å²) in [6.45, 7) is 8.50. The lowest BCUT2D eigenvalue weighted by molar-refractivity contribution is -0.249. The van der Waals surface area contributed by atoms with E-state index in [0.717, 1.165) is 0 Å². The second-order valence-electron chi connectivity index (χ2n) is 5.00. The van der Waals surface area contributed by atoms with Crippen molar-refractivity contribution in [1.29, 1.82) is 0 Å². The normalized spacial score (nSPS) is 24.5. The third-order valence-corrected chi connectivity index (χ3v) is 2.58. The number of hydrogen-bond acceptors (Lipinski definition) is 6. The third kappa shape index (κ3) is 3.17. The molecule has 0 atom stereocenters. The van der Waals surface area contributed by atoms with Gasteiger partial charge in [-0.1, -0.05) is 24.2 Å². The molecule has 0 amide bonds. The summed E-state index contributed by atoms with van der Waals surface area (Å²) in [5.41, 5.74) is 0.592. The molecule has 17 heavy (non-hydrogen) atoms. The molecule has 0 bridgehead atoms. The van der Waals surface area contributed by atoms with Crippen LogP contribution in [-0.2, 0) is 14.3 Å². The van der Waals surface area contributed by atoms with Crippen molar-refractivity contribution in [2.24, 2.45) is 15.7 Å². The minimum atomic E-state index is -1.04. The predicted molar refractivity (Wildman–Crippen MR) is 63.4 cm³/mol. The molecule has 6 nitrogen and oxygen atoms in total. The highest BCUT2D eigenvalue weighted by Gasteiger charge is 2.42. The van der Waals surface area contributed by atoms with Crippen LogP contribution in [0.15, 0.2) is 10.3 Å². The van der Waals surface area contributed by atoms with E-state index in [9.17, 15) is 0 Å². The van der Waals surface area contributed by atoms with Crippen LogP contribution in [0.1, 0.15) is 27.7 Å². The van der Waals surface area contributed by atoms with Crippen LogP contribution in [0, 0.1) is 5.41 Å². The van der Waals surface area contributed by atoms with Crippen molar-refractivity contribution >= 4 is 11.4 Å². The average molecular weight is 244 g/mol. The fraction of sp³-hybridized carbons (Fsp3) is 0.818. The summed E-state index contributed by atoms with van der Waals surface area (Å²) in [6, 6.07) is 0. The standard InChI is InChI=1S/C11H20N2O4/c1-8(12-14)9(13-15-5)11(4)16-6-10(2,3)7-17-11/h14H,6-7H2,1-5H3. The molecular formula is C11H20N2O4. The summed E-state index contributed by atoms with van der Waals surface area (Å²) >= 11 is 0. The van der Waals surface area contributed by atoms with Crippen LogP contribution >= 0.6 is 0 Å². The van der Waals surface area contributed by atoms with Crippen LogP contribution in [0.2, 0.25) is 0 Å². The minimum Gasteiger partial charge on any atom is -0.411 e. The number of hydrogen-bond donors (Lipinski definition) is 1. The van der Waals surface area contributed by atoms with Gasteiger partial charge in [-0.15, -0.1) is 0 Å². The van der Waals surface area contributed by atoms with Crippen molar-refractivity contribution in [1.82, 2.24) is 0 Å². The van der Waals surface area contributed by atoms with Gasteiger partial charge in [-0.25, -0.2) is 0 Å². The lowest BCUT2D eigenvalue weighted by Crippen LogP contribution is -2.52. The van der Waals surface area contributed by atoms with Crippen molar-refractivity contribution in [3.05, 3.63) is 0 Å². The van der Waals surface area contributed by atoms with Gasteiger partial charge in [0.15, 0.2) is 5.71 Å². The third-order valence-electron chi connectivity index (χ3n) is 2.58. The van der Waals surface area contributed by atoms with Gasteiger partial charge in [-0.3, -0.25) is 0 Å². The maximum atomic E-state index is 8.82. The molecule has 1 fully saturated rings. The first-order valence-electron chi connectivity index (χ1n) is 5.43. The van der Waals surface area contributed by atoms with Gasteiger partial charge >= 0.3 is 0 Å². The Hall–Kier alpha value is -1.14. The molecule has 1 aliphatic rings. The summed E-state index contributed by atoms with van der Waals surface area (Å²) in [5, 5.41) is 15.7. The fourth-order valence-electron chi connectivity index (χ4n) is 1.50. The first kappa shape index (κ1) is 13.9. The molecular weight excluding hydrogens is 224 g/mol. The molecule has 0 aromatic rings. The first-order valence-corrected chi connectivity index (χ1v) is 5.43. The van der Waals surface area contributed by atoms with E-state index in [1.54, 1.807) is 13.8 Å². The molecule has 1 heterocycles. The molecule has 1 rings (SSSR count). The highest BCUT2D eigenvalue weighted by molar-refractivity contribution is 6.43. The molecule has 1 aliphatic heterocycles. The van der Waals surface area contributed by atoms with Gasteiger partial charge in [0.05, 0.1) is 13.2 Å². The molecule has 1 saturated heterocycles. The Morgan fingerprint density at radius 1 is 1.24 bits per heavy atom. The zero-order valence-electron chi connectivity index (χ0n) is 11.0. The fourth-order valence-corrected chi connectivity index (χ4v) is 1.50. The Balaban J connectivity index is 2.93. The number of ether oxygens (including phenoxy) is 2. The van der Waals surface area contributed by atoms with Crippen molar-refractivity contribution in [3.63, 3.8) is 0 Å². The van der Waals surface area contributed by atoms with E-state index in [-0.39, 0.29) is 5.41 Å². The highest BCUT2D eigenvalue weighted by atomic mass is 16.7. The van der Waals surface area contributed by atoms with E-state index in [4.69, 9.17) is 19.5 Å². The summed E-state index contributed by atoms with van der Waals surface area (Å²) in [7, 11) is 1.42. The van der Waals surface area contributed by atoms with E-state index in [2.05, 4.69) is 10.3 Å². The molecule has 0 aromatic carbocycles. The van der Waals surface area contributed by atoms with Crippen molar-refractivity contribution in [3.8, 4) is 0 Å². The summed E-state index contributed by atoms with van der Waals surface area (Å²) < 4.78 is 11.4. The number of oxime groups is 2. The van der Waals surface area contributed by atoms with Gasteiger partial charge in [0.2, 0.25) is 5.79 Å². The highest BCUT2D eigenvalue weighted by Crippen LogP contribution is 2.30. The average Bonchev–Trinajstić information content (AvgIpc) is 2.29. The Labute approximate surface area is 101 Å². The second-order valence-corrected chi connectivity index (χ2v) is 5.00. The molecule has 0 radical (unpaired) electrons.